The predicted molar refractivity (Wildman–Crippen MR) is 87.0 cm³/mol. The van der Waals surface area contributed by atoms with Gasteiger partial charge in [0.1, 0.15) is 4.90 Å². The molecule has 2 aromatic rings. The summed E-state index contributed by atoms with van der Waals surface area (Å²) in [6.07, 6.45) is -5.22. The SMILES string of the molecule is O=[N+]([O-])c1ccc(OC(F)(F)F)c(S(=O)(=O)Nc2c(Cl)cccc2Cl)c1. The fourth-order valence-corrected chi connectivity index (χ4v) is 3.67. The third kappa shape index (κ3) is 4.68. The Morgan fingerprint density at radius 2 is 1.69 bits per heavy atom. The van der Waals surface area contributed by atoms with Gasteiger partial charge in [-0.15, -0.1) is 13.2 Å². The lowest BCUT2D eigenvalue weighted by molar-refractivity contribution is -0.385. The minimum Gasteiger partial charge on any atom is -0.404 e. The van der Waals surface area contributed by atoms with Crippen molar-refractivity contribution >= 4 is 44.6 Å². The largest absolute Gasteiger partial charge is 0.573 e. The van der Waals surface area contributed by atoms with Crippen LogP contribution in [0.1, 0.15) is 0 Å². The number of sulfonamides is 1. The molecule has 1 N–H and O–H groups in total. The molecule has 0 spiro atoms. The van der Waals surface area contributed by atoms with Gasteiger partial charge in [0.25, 0.3) is 15.7 Å². The molecular formula is C13H7Cl2F3N2O5S. The lowest BCUT2D eigenvalue weighted by Crippen LogP contribution is -2.21. The maximum atomic E-state index is 12.5. The van der Waals surface area contributed by atoms with E-state index in [1.807, 2.05) is 4.72 Å². The van der Waals surface area contributed by atoms with Gasteiger partial charge in [-0.25, -0.2) is 8.42 Å². The average molecular weight is 431 g/mol. The fourth-order valence-electron chi connectivity index (χ4n) is 1.81. The van der Waals surface area contributed by atoms with Crippen LogP contribution >= 0.6 is 23.2 Å². The van der Waals surface area contributed by atoms with E-state index in [9.17, 15) is 31.7 Å². The molecular weight excluding hydrogens is 424 g/mol. The van der Waals surface area contributed by atoms with Crippen molar-refractivity contribution in [1.29, 1.82) is 0 Å². The molecule has 0 aromatic heterocycles. The maximum Gasteiger partial charge on any atom is 0.573 e. The smallest absolute Gasteiger partial charge is 0.404 e. The molecule has 7 nitrogen and oxygen atoms in total. The number of anilines is 1. The Kier molecular flexibility index (Phi) is 5.54. The van der Waals surface area contributed by atoms with Crippen LogP contribution in [0.25, 0.3) is 0 Å². The highest BCUT2D eigenvalue weighted by atomic mass is 35.5. The highest BCUT2D eigenvalue weighted by molar-refractivity contribution is 7.92. The van der Waals surface area contributed by atoms with Crippen molar-refractivity contribution in [3.8, 4) is 5.75 Å². The van der Waals surface area contributed by atoms with E-state index in [1.54, 1.807) is 0 Å². The summed E-state index contributed by atoms with van der Waals surface area (Å²) in [6.45, 7) is 0. The van der Waals surface area contributed by atoms with E-state index in [2.05, 4.69) is 4.74 Å². The van der Waals surface area contributed by atoms with E-state index in [1.165, 1.54) is 18.2 Å². The van der Waals surface area contributed by atoms with Crippen LogP contribution in [0.15, 0.2) is 41.3 Å². The van der Waals surface area contributed by atoms with Crippen molar-refractivity contribution < 1.29 is 31.2 Å². The number of nitro benzene ring substituents is 1. The van der Waals surface area contributed by atoms with Gasteiger partial charge in [-0.2, -0.15) is 0 Å². The van der Waals surface area contributed by atoms with E-state index < -0.39 is 37.6 Å². The zero-order valence-corrected chi connectivity index (χ0v) is 14.6. The second-order valence-electron chi connectivity index (χ2n) is 4.64. The average Bonchev–Trinajstić information content (AvgIpc) is 2.49. The minimum atomic E-state index is -5.22. The number of hydrogen-bond donors (Lipinski definition) is 1. The molecule has 0 radical (unpaired) electrons. The number of ether oxygens (including phenoxy) is 1. The van der Waals surface area contributed by atoms with Gasteiger partial charge >= 0.3 is 6.36 Å². The summed E-state index contributed by atoms with van der Waals surface area (Å²) >= 11 is 11.6. The molecule has 0 atom stereocenters. The van der Waals surface area contributed by atoms with Crippen LogP contribution in [-0.2, 0) is 10.0 Å². The summed E-state index contributed by atoms with van der Waals surface area (Å²) in [7, 11) is -4.77. The Morgan fingerprint density at radius 1 is 1.12 bits per heavy atom. The van der Waals surface area contributed by atoms with E-state index in [4.69, 9.17) is 23.2 Å². The molecule has 0 unspecified atom stereocenters. The highest BCUT2D eigenvalue weighted by Gasteiger charge is 2.35. The molecule has 0 heterocycles. The van der Waals surface area contributed by atoms with E-state index in [-0.39, 0.29) is 15.7 Å². The predicted octanol–water partition coefficient (Wildman–Crippen LogP) is 4.60. The van der Waals surface area contributed by atoms with Crippen LogP contribution < -0.4 is 9.46 Å². The van der Waals surface area contributed by atoms with E-state index in [0.29, 0.717) is 18.2 Å². The molecule has 26 heavy (non-hydrogen) atoms. The number of para-hydroxylation sites is 1. The van der Waals surface area contributed by atoms with E-state index >= 15 is 0 Å². The number of hydrogen-bond acceptors (Lipinski definition) is 5. The van der Waals surface area contributed by atoms with Crippen LogP contribution in [0.4, 0.5) is 24.5 Å². The summed E-state index contributed by atoms with van der Waals surface area (Å²) in [6, 6.07) is 5.59. The van der Waals surface area contributed by atoms with Gasteiger partial charge in [0.05, 0.1) is 20.7 Å². The monoisotopic (exact) mass is 430 g/mol. The molecule has 2 rings (SSSR count). The Hall–Kier alpha value is -2.24. The fraction of sp³-hybridized carbons (Fsp3) is 0.0769. The normalized spacial score (nSPS) is 11.9. The molecule has 140 valence electrons. The summed E-state index contributed by atoms with van der Waals surface area (Å²) in [4.78, 5) is 8.74. The molecule has 13 heteroatoms. The van der Waals surface area contributed by atoms with Gasteiger partial charge < -0.3 is 4.74 Å². The zero-order chi connectivity index (χ0) is 19.7. The van der Waals surface area contributed by atoms with Crippen LogP contribution in [0.3, 0.4) is 0 Å². The van der Waals surface area contributed by atoms with Crippen molar-refractivity contribution in [2.45, 2.75) is 11.3 Å². The Balaban J connectivity index is 2.59. The van der Waals surface area contributed by atoms with Gasteiger partial charge in [-0.1, -0.05) is 29.3 Å². The summed E-state index contributed by atoms with van der Waals surface area (Å²) in [5.41, 5.74) is -1.06. The molecule has 0 bridgehead atoms. The van der Waals surface area contributed by atoms with Gasteiger partial charge in [0.2, 0.25) is 0 Å². The van der Waals surface area contributed by atoms with Crippen LogP contribution in [-0.4, -0.2) is 19.7 Å². The number of rotatable bonds is 5. The van der Waals surface area contributed by atoms with Crippen molar-refractivity contribution in [1.82, 2.24) is 0 Å². The first-order chi connectivity index (χ1) is 11.9. The van der Waals surface area contributed by atoms with Crippen LogP contribution in [0.2, 0.25) is 10.0 Å². The second kappa shape index (κ2) is 7.17. The Morgan fingerprint density at radius 3 is 2.19 bits per heavy atom. The number of nitrogens with zero attached hydrogens (tertiary/aromatic N) is 1. The summed E-state index contributed by atoms with van der Waals surface area (Å²) < 4.78 is 68.1. The Labute approximate surface area is 154 Å². The molecule has 0 aliphatic rings. The number of benzene rings is 2. The number of alkyl halides is 3. The summed E-state index contributed by atoms with van der Waals surface area (Å²) in [5, 5.41) is 10.6. The lowest BCUT2D eigenvalue weighted by atomic mass is 10.3. The van der Waals surface area contributed by atoms with Crippen molar-refractivity contribution in [3.05, 3.63) is 56.6 Å². The number of nitro groups is 1. The van der Waals surface area contributed by atoms with E-state index in [0.717, 1.165) is 0 Å². The molecule has 0 amide bonds. The third-order valence-electron chi connectivity index (χ3n) is 2.85. The van der Waals surface area contributed by atoms with Gasteiger partial charge in [0, 0.05) is 12.1 Å². The zero-order valence-electron chi connectivity index (χ0n) is 12.3. The van der Waals surface area contributed by atoms with Crippen molar-refractivity contribution in [2.75, 3.05) is 4.72 Å². The molecule has 0 saturated carbocycles. The first kappa shape index (κ1) is 20.1. The molecule has 0 aliphatic heterocycles. The number of nitrogens with one attached hydrogen (secondary N) is 1. The van der Waals surface area contributed by atoms with Crippen LogP contribution in [0, 0.1) is 10.1 Å². The quantitative estimate of drug-likeness (QED) is 0.551. The standard InChI is InChI=1S/C13H7Cl2F3N2O5S/c14-8-2-1-3-9(15)12(8)19-26(23,24)11-6-7(20(21)22)4-5-10(11)25-13(16,17)18/h1-6,19H. The minimum absolute atomic E-state index is 0.134. The molecule has 0 aliphatic carbocycles. The van der Waals surface area contributed by atoms with Gasteiger partial charge in [0.15, 0.2) is 5.75 Å². The Bertz CT molecular complexity index is 946. The second-order valence-corrected chi connectivity index (χ2v) is 7.10. The first-order valence-electron chi connectivity index (χ1n) is 6.42. The number of halogens is 5. The summed E-state index contributed by atoms with van der Waals surface area (Å²) in [5.74, 6) is -1.15. The number of non-ortho nitro benzene ring substituents is 1. The highest BCUT2D eigenvalue weighted by Crippen LogP contribution is 2.36. The van der Waals surface area contributed by atoms with Crippen LogP contribution in [0.5, 0.6) is 5.75 Å². The topological polar surface area (TPSA) is 98.5 Å². The lowest BCUT2D eigenvalue weighted by Gasteiger charge is -2.15. The third-order valence-corrected chi connectivity index (χ3v) is 4.85. The van der Waals surface area contributed by atoms with Crippen molar-refractivity contribution in [3.63, 3.8) is 0 Å². The first-order valence-corrected chi connectivity index (χ1v) is 8.65. The molecule has 0 fully saturated rings. The van der Waals surface area contributed by atoms with Gasteiger partial charge in [-0.05, 0) is 18.2 Å². The maximum absolute atomic E-state index is 12.5. The van der Waals surface area contributed by atoms with Gasteiger partial charge in [-0.3, -0.25) is 14.8 Å². The molecule has 2 aromatic carbocycles. The molecule has 0 saturated heterocycles. The van der Waals surface area contributed by atoms with Crippen molar-refractivity contribution in [2.24, 2.45) is 0 Å².